The molecule has 0 amide bonds. The Morgan fingerprint density at radius 1 is 0.919 bits per heavy atom. The average molecular weight is 487 g/mol. The molecule has 2 aliphatic carbocycles. The number of hydrogen-bond donors (Lipinski definition) is 3. The highest BCUT2D eigenvalue weighted by Crippen LogP contribution is 2.34. The molecule has 4 heterocycles. The van der Waals surface area contributed by atoms with Gasteiger partial charge < -0.3 is 10.3 Å². The molecular weight excluding hydrogens is 456 g/mol. The molecule has 0 aliphatic heterocycles. The van der Waals surface area contributed by atoms with Gasteiger partial charge in [0.1, 0.15) is 5.69 Å². The van der Waals surface area contributed by atoms with E-state index in [-0.39, 0.29) is 0 Å². The predicted molar refractivity (Wildman–Crippen MR) is 150 cm³/mol. The van der Waals surface area contributed by atoms with Crippen LogP contribution in [0.5, 0.6) is 0 Å². The second kappa shape index (κ2) is 9.45. The lowest BCUT2D eigenvalue weighted by atomic mass is 10.0. The number of aromatic amines is 2. The molecule has 1 saturated carbocycles. The van der Waals surface area contributed by atoms with Crippen LogP contribution in [-0.4, -0.2) is 31.7 Å². The molecule has 1 aromatic carbocycles. The van der Waals surface area contributed by atoms with Crippen LogP contribution in [0.1, 0.15) is 43.4 Å². The molecule has 0 spiro atoms. The van der Waals surface area contributed by atoms with E-state index >= 15 is 0 Å². The number of allylic oxidation sites excluding steroid dienone is 4. The fourth-order valence-corrected chi connectivity index (χ4v) is 5.82. The number of pyridine rings is 2. The summed E-state index contributed by atoms with van der Waals surface area (Å²) in [4.78, 5) is 12.8. The zero-order valence-electron chi connectivity index (χ0n) is 20.8. The zero-order valence-corrected chi connectivity index (χ0v) is 20.8. The van der Waals surface area contributed by atoms with Crippen LogP contribution in [0.2, 0.25) is 0 Å². The van der Waals surface area contributed by atoms with Gasteiger partial charge in [-0.3, -0.25) is 15.1 Å². The lowest BCUT2D eigenvalue weighted by Gasteiger charge is -2.11. The quantitative estimate of drug-likeness (QED) is 0.236. The Kier molecular flexibility index (Phi) is 5.67. The number of nitrogens with one attached hydrogen (secondary N) is 3. The van der Waals surface area contributed by atoms with Gasteiger partial charge in [-0.2, -0.15) is 5.10 Å². The van der Waals surface area contributed by atoms with Crippen molar-refractivity contribution in [1.29, 1.82) is 0 Å². The maximum atomic E-state index is 4.69. The fourth-order valence-electron chi connectivity index (χ4n) is 5.82. The smallest absolute Gasteiger partial charge is 0.116 e. The highest BCUT2D eigenvalue weighted by molar-refractivity contribution is 6.00. The third-order valence-corrected chi connectivity index (χ3v) is 7.78. The molecule has 184 valence electrons. The molecule has 7 rings (SSSR count). The van der Waals surface area contributed by atoms with Gasteiger partial charge in [-0.1, -0.05) is 37.1 Å². The van der Waals surface area contributed by atoms with E-state index in [4.69, 9.17) is 0 Å². The van der Waals surface area contributed by atoms with Crippen molar-refractivity contribution in [3.8, 4) is 22.5 Å². The third-order valence-electron chi connectivity index (χ3n) is 7.78. The largest absolute Gasteiger partial charge is 0.353 e. The van der Waals surface area contributed by atoms with Crippen molar-refractivity contribution >= 4 is 27.4 Å². The molecule has 0 unspecified atom stereocenters. The highest BCUT2D eigenvalue weighted by atomic mass is 15.1. The Morgan fingerprint density at radius 3 is 2.73 bits per heavy atom. The van der Waals surface area contributed by atoms with E-state index in [1.807, 2.05) is 24.7 Å². The first-order valence-electron chi connectivity index (χ1n) is 13.3. The van der Waals surface area contributed by atoms with Crippen molar-refractivity contribution in [1.82, 2.24) is 30.5 Å². The van der Waals surface area contributed by atoms with Crippen molar-refractivity contribution < 1.29 is 0 Å². The van der Waals surface area contributed by atoms with Gasteiger partial charge >= 0.3 is 0 Å². The van der Waals surface area contributed by atoms with Crippen LogP contribution in [0.25, 0.3) is 49.9 Å². The lowest BCUT2D eigenvalue weighted by molar-refractivity contribution is 0.489. The topological polar surface area (TPSA) is 82.3 Å². The van der Waals surface area contributed by atoms with E-state index in [1.165, 1.54) is 36.8 Å². The molecule has 3 N–H and O–H groups in total. The molecule has 0 saturated heterocycles. The Labute approximate surface area is 215 Å². The summed E-state index contributed by atoms with van der Waals surface area (Å²) in [6.45, 7) is 1.96. The first-order chi connectivity index (χ1) is 18.3. The van der Waals surface area contributed by atoms with Crippen LogP contribution in [-0.2, 0) is 6.54 Å². The van der Waals surface area contributed by atoms with E-state index in [0.29, 0.717) is 0 Å². The number of hydrogen-bond acceptors (Lipinski definition) is 4. The van der Waals surface area contributed by atoms with E-state index in [1.54, 1.807) is 0 Å². The summed E-state index contributed by atoms with van der Waals surface area (Å²) in [5.74, 6) is 0.834. The standard InChI is InChI=1S/C31H30N6/c1-2-6-20(5-1)16-32-17-21-13-24(19-33-18-21)23-9-10-28-25(14-23)31(37-36-28)29-15-26-27(35-29)11-12-34-30(26)22-7-3-4-8-22/h3,7-15,18-20,32,35H,1-2,4-6,16-17H2,(H,36,37). The normalized spacial score (nSPS) is 15.8. The Balaban J connectivity index is 1.19. The maximum Gasteiger partial charge on any atom is 0.116 e. The Morgan fingerprint density at radius 2 is 1.84 bits per heavy atom. The molecule has 1 fully saturated rings. The van der Waals surface area contributed by atoms with Crippen molar-refractivity contribution in [3.05, 3.63) is 84.5 Å². The van der Waals surface area contributed by atoms with E-state index in [2.05, 4.69) is 79.0 Å². The molecular formula is C31H30N6. The SMILES string of the molecule is C1=CC(c2nccc3[nH]c(-c4n[nH]c5ccc(-c6cncc(CNCC7CCCC7)c6)cc45)cc23)=CC1. The molecule has 5 aromatic rings. The van der Waals surface area contributed by atoms with Crippen LogP contribution in [0.4, 0.5) is 0 Å². The van der Waals surface area contributed by atoms with Gasteiger partial charge in [0, 0.05) is 47.0 Å². The summed E-state index contributed by atoms with van der Waals surface area (Å²) in [5, 5.41) is 13.7. The minimum absolute atomic E-state index is 0.834. The molecule has 0 bridgehead atoms. The van der Waals surface area contributed by atoms with Gasteiger partial charge in [-0.15, -0.1) is 0 Å². The van der Waals surface area contributed by atoms with Crippen molar-refractivity contribution in [3.63, 3.8) is 0 Å². The summed E-state index contributed by atoms with van der Waals surface area (Å²) in [6.07, 6.45) is 18.8. The number of aromatic nitrogens is 5. The van der Waals surface area contributed by atoms with Gasteiger partial charge in [0.15, 0.2) is 0 Å². The second-order valence-corrected chi connectivity index (χ2v) is 10.3. The monoisotopic (exact) mass is 486 g/mol. The molecule has 6 nitrogen and oxygen atoms in total. The minimum Gasteiger partial charge on any atom is -0.353 e. The Hall–Kier alpha value is -4.03. The summed E-state index contributed by atoms with van der Waals surface area (Å²) < 4.78 is 0. The summed E-state index contributed by atoms with van der Waals surface area (Å²) in [6, 6.07) is 12.9. The number of rotatable bonds is 7. The first kappa shape index (κ1) is 22.2. The number of nitrogens with zero attached hydrogens (tertiary/aromatic N) is 3. The highest BCUT2D eigenvalue weighted by Gasteiger charge is 2.16. The fraction of sp³-hybridized carbons (Fsp3) is 0.258. The second-order valence-electron chi connectivity index (χ2n) is 10.3. The van der Waals surface area contributed by atoms with Crippen molar-refractivity contribution in [2.75, 3.05) is 6.54 Å². The van der Waals surface area contributed by atoms with Gasteiger partial charge in [-0.05, 0) is 78.8 Å². The van der Waals surface area contributed by atoms with Crippen LogP contribution in [0.3, 0.4) is 0 Å². The molecule has 2 aliphatic rings. The van der Waals surface area contributed by atoms with Gasteiger partial charge in [0.25, 0.3) is 0 Å². The number of H-pyrrole nitrogens is 2. The maximum absolute atomic E-state index is 4.69. The molecule has 6 heteroatoms. The Bertz CT molecular complexity index is 1650. The lowest BCUT2D eigenvalue weighted by Crippen LogP contribution is -2.20. The van der Waals surface area contributed by atoms with Crippen LogP contribution in [0, 0.1) is 5.92 Å². The van der Waals surface area contributed by atoms with E-state index in [9.17, 15) is 0 Å². The summed E-state index contributed by atoms with van der Waals surface area (Å²) in [7, 11) is 0. The minimum atomic E-state index is 0.834. The number of benzene rings is 1. The third kappa shape index (κ3) is 4.27. The van der Waals surface area contributed by atoms with Crippen LogP contribution >= 0.6 is 0 Å². The van der Waals surface area contributed by atoms with Gasteiger partial charge in [-0.25, -0.2) is 0 Å². The molecule has 0 atom stereocenters. The van der Waals surface area contributed by atoms with E-state index < -0.39 is 0 Å². The average Bonchev–Trinajstić information content (AvgIpc) is 3.74. The molecule has 4 aromatic heterocycles. The van der Waals surface area contributed by atoms with Crippen molar-refractivity contribution in [2.24, 2.45) is 5.92 Å². The molecule has 0 radical (unpaired) electrons. The molecule has 37 heavy (non-hydrogen) atoms. The van der Waals surface area contributed by atoms with E-state index in [0.717, 1.165) is 75.4 Å². The predicted octanol–water partition coefficient (Wildman–Crippen LogP) is 6.79. The van der Waals surface area contributed by atoms with Gasteiger partial charge in [0.2, 0.25) is 0 Å². The van der Waals surface area contributed by atoms with Crippen LogP contribution < -0.4 is 5.32 Å². The van der Waals surface area contributed by atoms with Crippen LogP contribution in [0.15, 0.2) is 73.2 Å². The van der Waals surface area contributed by atoms with Crippen molar-refractivity contribution in [2.45, 2.75) is 38.6 Å². The zero-order chi connectivity index (χ0) is 24.6. The summed E-state index contributed by atoms with van der Waals surface area (Å²) >= 11 is 0. The van der Waals surface area contributed by atoms with Gasteiger partial charge in [0.05, 0.1) is 16.9 Å². The summed E-state index contributed by atoms with van der Waals surface area (Å²) in [5.41, 5.74) is 9.64. The first-order valence-corrected chi connectivity index (χ1v) is 13.3. The number of fused-ring (bicyclic) bond motifs is 2.